The van der Waals surface area contributed by atoms with Crippen molar-refractivity contribution in [3.05, 3.63) is 35.9 Å². The van der Waals surface area contributed by atoms with Crippen molar-refractivity contribution in [3.8, 4) is 0 Å². The Hall–Kier alpha value is -1.88. The van der Waals surface area contributed by atoms with Crippen molar-refractivity contribution in [1.29, 1.82) is 0 Å². The fourth-order valence-electron chi connectivity index (χ4n) is 2.82. The minimum atomic E-state index is -0.284. The lowest BCUT2D eigenvalue weighted by atomic mass is 9.98. The summed E-state index contributed by atoms with van der Waals surface area (Å²) in [7, 11) is 0. The van der Waals surface area contributed by atoms with E-state index in [1.165, 1.54) is 0 Å². The van der Waals surface area contributed by atoms with Gasteiger partial charge in [-0.1, -0.05) is 18.2 Å². The molecule has 5 heteroatoms. The SMILES string of the molecule is CCOC(=O)C1CCCN(CCCOC(=O)c2ccccc2)C1. The van der Waals surface area contributed by atoms with Crippen LogP contribution in [0.25, 0.3) is 0 Å². The van der Waals surface area contributed by atoms with E-state index < -0.39 is 0 Å². The second-order valence-electron chi connectivity index (χ2n) is 5.75. The molecule has 1 aromatic carbocycles. The number of benzene rings is 1. The molecule has 0 aliphatic carbocycles. The molecule has 0 N–H and O–H groups in total. The van der Waals surface area contributed by atoms with Gasteiger partial charge in [0.15, 0.2) is 0 Å². The monoisotopic (exact) mass is 319 g/mol. The van der Waals surface area contributed by atoms with Crippen LogP contribution in [0.1, 0.15) is 36.5 Å². The molecular formula is C18H25NO4. The van der Waals surface area contributed by atoms with Crippen LogP contribution in [0.15, 0.2) is 30.3 Å². The molecule has 1 unspecified atom stereocenters. The number of rotatable bonds is 7. The summed E-state index contributed by atoms with van der Waals surface area (Å²) < 4.78 is 10.4. The average Bonchev–Trinajstić information content (AvgIpc) is 2.60. The van der Waals surface area contributed by atoms with Crippen LogP contribution in [0, 0.1) is 5.92 Å². The Morgan fingerprint density at radius 2 is 2.00 bits per heavy atom. The van der Waals surface area contributed by atoms with Gasteiger partial charge >= 0.3 is 11.9 Å². The summed E-state index contributed by atoms with van der Waals surface area (Å²) in [5.41, 5.74) is 0.577. The average molecular weight is 319 g/mol. The highest BCUT2D eigenvalue weighted by atomic mass is 16.5. The molecule has 1 heterocycles. The first kappa shape index (κ1) is 17.5. The van der Waals surface area contributed by atoms with Crippen LogP contribution in [0.5, 0.6) is 0 Å². The third-order valence-corrected chi connectivity index (χ3v) is 3.99. The number of esters is 2. The lowest BCUT2D eigenvalue weighted by Crippen LogP contribution is -2.40. The molecule has 23 heavy (non-hydrogen) atoms. The van der Waals surface area contributed by atoms with Gasteiger partial charge in [-0.15, -0.1) is 0 Å². The largest absolute Gasteiger partial charge is 0.466 e. The summed E-state index contributed by atoms with van der Waals surface area (Å²) in [6.07, 6.45) is 2.68. The maximum Gasteiger partial charge on any atom is 0.338 e. The molecule has 0 aromatic heterocycles. The fourth-order valence-corrected chi connectivity index (χ4v) is 2.82. The van der Waals surface area contributed by atoms with Gasteiger partial charge in [0.25, 0.3) is 0 Å². The first-order valence-corrected chi connectivity index (χ1v) is 8.32. The van der Waals surface area contributed by atoms with Gasteiger partial charge in [0.2, 0.25) is 0 Å². The zero-order valence-electron chi connectivity index (χ0n) is 13.7. The van der Waals surface area contributed by atoms with E-state index in [0.717, 1.165) is 38.9 Å². The van der Waals surface area contributed by atoms with Gasteiger partial charge in [0, 0.05) is 13.1 Å². The van der Waals surface area contributed by atoms with Crippen molar-refractivity contribution < 1.29 is 19.1 Å². The van der Waals surface area contributed by atoms with E-state index in [4.69, 9.17) is 9.47 Å². The van der Waals surface area contributed by atoms with Gasteiger partial charge in [-0.2, -0.15) is 0 Å². The van der Waals surface area contributed by atoms with Gasteiger partial charge < -0.3 is 14.4 Å². The number of hydrogen-bond acceptors (Lipinski definition) is 5. The standard InChI is InChI=1S/C18H25NO4/c1-2-22-18(21)16-10-6-11-19(14-16)12-7-13-23-17(20)15-8-4-3-5-9-15/h3-5,8-9,16H,2,6-7,10-14H2,1H3. The van der Waals surface area contributed by atoms with Crippen molar-refractivity contribution in [2.75, 3.05) is 32.8 Å². The highest BCUT2D eigenvalue weighted by Crippen LogP contribution is 2.18. The summed E-state index contributed by atoms with van der Waals surface area (Å²) in [6.45, 7) is 5.23. The van der Waals surface area contributed by atoms with Crippen LogP contribution in [-0.4, -0.2) is 49.7 Å². The number of carbonyl (C=O) groups is 2. The lowest BCUT2D eigenvalue weighted by molar-refractivity contribution is -0.149. The van der Waals surface area contributed by atoms with Crippen molar-refractivity contribution in [3.63, 3.8) is 0 Å². The molecule has 0 spiro atoms. The Morgan fingerprint density at radius 3 is 2.74 bits per heavy atom. The number of carbonyl (C=O) groups excluding carboxylic acids is 2. The van der Waals surface area contributed by atoms with Gasteiger partial charge in [0.05, 0.1) is 24.7 Å². The molecular weight excluding hydrogens is 294 g/mol. The Labute approximate surface area is 137 Å². The second kappa shape index (κ2) is 9.30. The first-order chi connectivity index (χ1) is 11.2. The van der Waals surface area contributed by atoms with E-state index in [1.54, 1.807) is 12.1 Å². The fraction of sp³-hybridized carbons (Fsp3) is 0.556. The number of likely N-dealkylation sites (tertiary alicyclic amines) is 1. The minimum absolute atomic E-state index is 0.0180. The molecule has 0 bridgehead atoms. The van der Waals surface area contributed by atoms with Crippen LogP contribution < -0.4 is 0 Å². The van der Waals surface area contributed by atoms with E-state index in [1.807, 2.05) is 25.1 Å². The Bertz CT molecular complexity index is 503. The van der Waals surface area contributed by atoms with E-state index in [0.29, 0.717) is 18.8 Å². The van der Waals surface area contributed by atoms with Crippen molar-refractivity contribution in [2.24, 2.45) is 5.92 Å². The van der Waals surface area contributed by atoms with Crippen LogP contribution in [0.4, 0.5) is 0 Å². The Kier molecular flexibility index (Phi) is 7.07. The number of ether oxygens (including phenoxy) is 2. The lowest BCUT2D eigenvalue weighted by Gasteiger charge is -2.31. The molecule has 2 rings (SSSR count). The number of piperidine rings is 1. The molecule has 5 nitrogen and oxygen atoms in total. The highest BCUT2D eigenvalue weighted by molar-refractivity contribution is 5.89. The normalized spacial score (nSPS) is 18.4. The van der Waals surface area contributed by atoms with E-state index in [9.17, 15) is 9.59 Å². The minimum Gasteiger partial charge on any atom is -0.466 e. The molecule has 1 atom stereocenters. The van der Waals surface area contributed by atoms with Gasteiger partial charge in [-0.25, -0.2) is 4.79 Å². The summed E-state index contributed by atoms with van der Waals surface area (Å²) in [5, 5.41) is 0. The molecule has 126 valence electrons. The zero-order valence-corrected chi connectivity index (χ0v) is 13.7. The maximum absolute atomic E-state index is 11.8. The van der Waals surface area contributed by atoms with Crippen molar-refractivity contribution in [1.82, 2.24) is 4.90 Å². The van der Waals surface area contributed by atoms with Crippen molar-refractivity contribution in [2.45, 2.75) is 26.2 Å². The molecule has 1 aliphatic heterocycles. The molecule has 0 amide bonds. The van der Waals surface area contributed by atoms with Crippen molar-refractivity contribution >= 4 is 11.9 Å². The number of hydrogen-bond donors (Lipinski definition) is 0. The van der Waals surface area contributed by atoms with E-state index in [2.05, 4.69) is 4.90 Å². The maximum atomic E-state index is 11.8. The summed E-state index contributed by atoms with van der Waals surface area (Å²) >= 11 is 0. The third-order valence-electron chi connectivity index (χ3n) is 3.99. The molecule has 0 radical (unpaired) electrons. The van der Waals surface area contributed by atoms with Crippen LogP contribution in [0.2, 0.25) is 0 Å². The number of nitrogens with zero attached hydrogens (tertiary/aromatic N) is 1. The predicted molar refractivity (Wildman–Crippen MR) is 87.1 cm³/mol. The summed E-state index contributed by atoms with van der Waals surface area (Å²) in [5.74, 6) is -0.392. The Balaban J connectivity index is 1.66. The molecule has 1 aromatic rings. The van der Waals surface area contributed by atoms with Gasteiger partial charge in [-0.05, 0) is 44.9 Å². The summed E-state index contributed by atoms with van der Waals surface area (Å²) in [6, 6.07) is 9.00. The van der Waals surface area contributed by atoms with E-state index >= 15 is 0 Å². The van der Waals surface area contributed by atoms with Gasteiger partial charge in [0.1, 0.15) is 0 Å². The van der Waals surface area contributed by atoms with E-state index in [-0.39, 0.29) is 17.9 Å². The topological polar surface area (TPSA) is 55.8 Å². The first-order valence-electron chi connectivity index (χ1n) is 8.32. The molecule has 1 fully saturated rings. The smallest absolute Gasteiger partial charge is 0.338 e. The Morgan fingerprint density at radius 1 is 1.22 bits per heavy atom. The quantitative estimate of drug-likeness (QED) is 0.571. The molecule has 0 saturated carbocycles. The second-order valence-corrected chi connectivity index (χ2v) is 5.75. The van der Waals surface area contributed by atoms with Crippen LogP contribution in [-0.2, 0) is 14.3 Å². The molecule has 1 saturated heterocycles. The zero-order chi connectivity index (χ0) is 16.5. The highest BCUT2D eigenvalue weighted by Gasteiger charge is 2.26. The molecule has 1 aliphatic rings. The van der Waals surface area contributed by atoms with Gasteiger partial charge in [-0.3, -0.25) is 4.79 Å². The predicted octanol–water partition coefficient (Wildman–Crippen LogP) is 2.51. The van der Waals surface area contributed by atoms with Crippen LogP contribution >= 0.6 is 0 Å². The third kappa shape index (κ3) is 5.67. The summed E-state index contributed by atoms with van der Waals surface area (Å²) in [4.78, 5) is 25.9. The van der Waals surface area contributed by atoms with Crippen LogP contribution in [0.3, 0.4) is 0 Å².